The molecule has 2 saturated heterocycles. The van der Waals surface area contributed by atoms with Crippen LogP contribution in [0.4, 0.5) is 0 Å². The summed E-state index contributed by atoms with van der Waals surface area (Å²) in [5, 5.41) is 6.31. The average Bonchev–Trinajstić information content (AvgIpc) is 2.94. The molecule has 19 heavy (non-hydrogen) atoms. The maximum Gasteiger partial charge on any atom is 0.224 e. The molecule has 0 bridgehead atoms. The van der Waals surface area contributed by atoms with E-state index in [4.69, 9.17) is 0 Å². The molecule has 4 nitrogen and oxygen atoms in total. The first-order valence-corrected chi connectivity index (χ1v) is 7.96. The van der Waals surface area contributed by atoms with Crippen molar-refractivity contribution in [3.8, 4) is 0 Å². The standard InChI is InChI=1S/C15H29N3O/c1-13-5-10-18(11-6-13)9-3-2-7-17-15(19)14-4-8-16-12-14/h13-14,16H,2-12H2,1H3,(H,17,19). The van der Waals surface area contributed by atoms with Gasteiger partial charge < -0.3 is 15.5 Å². The normalized spacial score (nSPS) is 25.6. The first-order valence-electron chi connectivity index (χ1n) is 7.96. The number of hydrogen-bond acceptors (Lipinski definition) is 3. The Morgan fingerprint density at radius 1 is 1.26 bits per heavy atom. The van der Waals surface area contributed by atoms with E-state index in [0.717, 1.165) is 38.4 Å². The number of hydrogen-bond donors (Lipinski definition) is 2. The fraction of sp³-hybridized carbons (Fsp3) is 0.933. The lowest BCUT2D eigenvalue weighted by atomic mass is 9.99. The molecule has 0 aliphatic carbocycles. The zero-order chi connectivity index (χ0) is 13.5. The maximum absolute atomic E-state index is 11.8. The molecule has 0 radical (unpaired) electrons. The summed E-state index contributed by atoms with van der Waals surface area (Å²) in [6.07, 6.45) is 6.02. The molecular weight excluding hydrogens is 238 g/mol. The fourth-order valence-corrected chi connectivity index (χ4v) is 2.98. The second-order valence-electron chi connectivity index (χ2n) is 6.21. The van der Waals surface area contributed by atoms with Gasteiger partial charge in [0.1, 0.15) is 0 Å². The Kier molecular flexibility index (Phi) is 6.11. The predicted molar refractivity (Wildman–Crippen MR) is 78.1 cm³/mol. The third-order valence-corrected chi connectivity index (χ3v) is 4.51. The number of nitrogens with zero attached hydrogens (tertiary/aromatic N) is 1. The lowest BCUT2D eigenvalue weighted by molar-refractivity contribution is -0.124. The Labute approximate surface area is 117 Å². The second kappa shape index (κ2) is 7.85. The van der Waals surface area contributed by atoms with E-state index in [1.165, 1.54) is 38.9 Å². The van der Waals surface area contributed by atoms with E-state index in [1.54, 1.807) is 0 Å². The van der Waals surface area contributed by atoms with E-state index < -0.39 is 0 Å². The SMILES string of the molecule is CC1CCN(CCCCNC(=O)C2CCNC2)CC1. The Morgan fingerprint density at radius 2 is 2.05 bits per heavy atom. The molecule has 4 heteroatoms. The number of carbonyl (C=O) groups is 1. The minimum Gasteiger partial charge on any atom is -0.356 e. The van der Waals surface area contributed by atoms with Crippen molar-refractivity contribution < 1.29 is 4.79 Å². The van der Waals surface area contributed by atoms with Gasteiger partial charge in [-0.3, -0.25) is 4.79 Å². The summed E-state index contributed by atoms with van der Waals surface area (Å²) in [7, 11) is 0. The van der Waals surface area contributed by atoms with Gasteiger partial charge in [-0.1, -0.05) is 6.92 Å². The molecule has 0 aromatic carbocycles. The Bertz CT molecular complexity index is 269. The third kappa shape index (κ3) is 5.11. The summed E-state index contributed by atoms with van der Waals surface area (Å²) in [6.45, 7) is 8.78. The van der Waals surface area contributed by atoms with Gasteiger partial charge in [0.2, 0.25) is 5.91 Å². The van der Waals surface area contributed by atoms with Crippen molar-refractivity contribution in [3.63, 3.8) is 0 Å². The number of likely N-dealkylation sites (tertiary alicyclic amines) is 1. The van der Waals surface area contributed by atoms with Gasteiger partial charge in [-0.25, -0.2) is 0 Å². The summed E-state index contributed by atoms with van der Waals surface area (Å²) >= 11 is 0. The lowest BCUT2D eigenvalue weighted by Gasteiger charge is -2.30. The molecule has 0 aromatic rings. The molecule has 2 fully saturated rings. The van der Waals surface area contributed by atoms with Crippen LogP contribution in [0.25, 0.3) is 0 Å². The molecule has 1 amide bonds. The highest BCUT2D eigenvalue weighted by Crippen LogP contribution is 2.16. The molecule has 110 valence electrons. The number of carbonyl (C=O) groups excluding carboxylic acids is 1. The molecule has 2 aliphatic heterocycles. The summed E-state index contributed by atoms with van der Waals surface area (Å²) < 4.78 is 0. The number of piperidine rings is 1. The van der Waals surface area contributed by atoms with Crippen LogP contribution in [0.3, 0.4) is 0 Å². The quantitative estimate of drug-likeness (QED) is 0.711. The van der Waals surface area contributed by atoms with E-state index in [0.29, 0.717) is 0 Å². The molecule has 2 N–H and O–H groups in total. The molecule has 1 atom stereocenters. The third-order valence-electron chi connectivity index (χ3n) is 4.51. The van der Waals surface area contributed by atoms with Crippen LogP contribution in [0.1, 0.15) is 39.0 Å². The number of unbranched alkanes of at least 4 members (excludes halogenated alkanes) is 1. The van der Waals surface area contributed by atoms with Gasteiger partial charge in [-0.15, -0.1) is 0 Å². The maximum atomic E-state index is 11.8. The van der Waals surface area contributed by atoms with Crippen molar-refractivity contribution >= 4 is 5.91 Å². The van der Waals surface area contributed by atoms with Gasteiger partial charge in [-0.2, -0.15) is 0 Å². The fourth-order valence-electron chi connectivity index (χ4n) is 2.98. The van der Waals surface area contributed by atoms with Crippen molar-refractivity contribution in [3.05, 3.63) is 0 Å². The zero-order valence-electron chi connectivity index (χ0n) is 12.3. The molecule has 2 aliphatic rings. The Morgan fingerprint density at radius 3 is 2.74 bits per heavy atom. The van der Waals surface area contributed by atoms with E-state index in [1.807, 2.05) is 0 Å². The average molecular weight is 267 g/mol. The van der Waals surface area contributed by atoms with Crippen LogP contribution in [0.2, 0.25) is 0 Å². The van der Waals surface area contributed by atoms with Crippen LogP contribution < -0.4 is 10.6 Å². The first-order chi connectivity index (χ1) is 9.25. The first kappa shape index (κ1) is 14.8. The zero-order valence-corrected chi connectivity index (χ0v) is 12.3. The van der Waals surface area contributed by atoms with Crippen molar-refractivity contribution in [2.45, 2.75) is 39.0 Å². The van der Waals surface area contributed by atoms with Gasteiger partial charge in [0.25, 0.3) is 0 Å². The molecule has 1 unspecified atom stereocenters. The smallest absolute Gasteiger partial charge is 0.224 e. The topological polar surface area (TPSA) is 44.4 Å². The van der Waals surface area contributed by atoms with Crippen molar-refractivity contribution in [1.29, 1.82) is 0 Å². The van der Waals surface area contributed by atoms with Crippen LogP contribution in [0.5, 0.6) is 0 Å². The van der Waals surface area contributed by atoms with Crippen molar-refractivity contribution in [2.24, 2.45) is 11.8 Å². The van der Waals surface area contributed by atoms with Gasteiger partial charge in [0.05, 0.1) is 5.92 Å². The molecule has 2 rings (SSSR count). The summed E-state index contributed by atoms with van der Waals surface area (Å²) in [4.78, 5) is 14.4. The van der Waals surface area contributed by atoms with E-state index in [2.05, 4.69) is 22.5 Å². The van der Waals surface area contributed by atoms with Crippen molar-refractivity contribution in [1.82, 2.24) is 15.5 Å². The summed E-state index contributed by atoms with van der Waals surface area (Å²) in [6, 6.07) is 0. The van der Waals surface area contributed by atoms with Crippen LogP contribution in [0, 0.1) is 11.8 Å². The molecule has 0 aromatic heterocycles. The summed E-state index contributed by atoms with van der Waals surface area (Å²) in [5.74, 6) is 1.37. The van der Waals surface area contributed by atoms with E-state index in [-0.39, 0.29) is 11.8 Å². The van der Waals surface area contributed by atoms with Gasteiger partial charge >= 0.3 is 0 Å². The molecule has 0 spiro atoms. The highest BCUT2D eigenvalue weighted by Gasteiger charge is 2.21. The number of nitrogens with one attached hydrogen (secondary N) is 2. The van der Waals surface area contributed by atoms with Crippen LogP contribution in [0.15, 0.2) is 0 Å². The highest BCUT2D eigenvalue weighted by atomic mass is 16.1. The lowest BCUT2D eigenvalue weighted by Crippen LogP contribution is -2.35. The Balaban J connectivity index is 1.46. The molecule has 0 saturated carbocycles. The second-order valence-corrected chi connectivity index (χ2v) is 6.21. The Hall–Kier alpha value is -0.610. The highest BCUT2D eigenvalue weighted by molar-refractivity contribution is 5.79. The molecule has 2 heterocycles. The van der Waals surface area contributed by atoms with E-state index in [9.17, 15) is 4.79 Å². The number of amides is 1. The van der Waals surface area contributed by atoms with Crippen molar-refractivity contribution in [2.75, 3.05) is 39.3 Å². The minimum atomic E-state index is 0.212. The van der Waals surface area contributed by atoms with Crippen LogP contribution in [-0.4, -0.2) is 50.1 Å². The van der Waals surface area contributed by atoms with Crippen LogP contribution in [-0.2, 0) is 4.79 Å². The largest absolute Gasteiger partial charge is 0.356 e. The summed E-state index contributed by atoms with van der Waals surface area (Å²) in [5.41, 5.74) is 0. The predicted octanol–water partition coefficient (Wildman–Crippen LogP) is 1.22. The monoisotopic (exact) mass is 267 g/mol. The van der Waals surface area contributed by atoms with Gasteiger partial charge in [0.15, 0.2) is 0 Å². The van der Waals surface area contributed by atoms with Gasteiger partial charge in [-0.05, 0) is 64.2 Å². The van der Waals surface area contributed by atoms with Crippen LogP contribution >= 0.6 is 0 Å². The van der Waals surface area contributed by atoms with Gasteiger partial charge in [0, 0.05) is 13.1 Å². The van der Waals surface area contributed by atoms with E-state index >= 15 is 0 Å². The molecular formula is C15H29N3O. The number of rotatable bonds is 6. The minimum absolute atomic E-state index is 0.212.